The van der Waals surface area contributed by atoms with Crippen molar-refractivity contribution in [3.8, 4) is 5.75 Å². The molecule has 2 aliphatic rings. The van der Waals surface area contributed by atoms with Gasteiger partial charge in [0.15, 0.2) is 0 Å². The minimum atomic E-state index is -0.944. The Morgan fingerprint density at radius 1 is 1.14 bits per heavy atom. The number of urea groups is 1. The van der Waals surface area contributed by atoms with Crippen LogP contribution in [0.3, 0.4) is 0 Å². The minimum absolute atomic E-state index is 0.200. The van der Waals surface area contributed by atoms with Gasteiger partial charge in [-0.1, -0.05) is 24.3 Å². The molecule has 1 aliphatic carbocycles. The van der Waals surface area contributed by atoms with E-state index in [1.165, 1.54) is 17.0 Å². The lowest BCUT2D eigenvalue weighted by Crippen LogP contribution is -2.68. The number of methoxy groups -OCH3 is 1. The van der Waals surface area contributed by atoms with Gasteiger partial charge in [0, 0.05) is 12.8 Å². The molecule has 1 saturated carbocycles. The van der Waals surface area contributed by atoms with Gasteiger partial charge < -0.3 is 10.1 Å². The molecule has 1 heterocycles. The van der Waals surface area contributed by atoms with E-state index in [-0.39, 0.29) is 18.3 Å². The third kappa shape index (κ3) is 3.06. The molecule has 4 rings (SSSR count). The topological polar surface area (TPSA) is 61.9 Å². The molecular formula is C22H24FN3O3. The van der Waals surface area contributed by atoms with Gasteiger partial charge in [-0.05, 0) is 49.5 Å². The van der Waals surface area contributed by atoms with Gasteiger partial charge in [0.25, 0.3) is 5.91 Å². The van der Waals surface area contributed by atoms with Crippen LogP contribution in [0, 0.1) is 5.82 Å². The van der Waals surface area contributed by atoms with Crippen molar-refractivity contribution in [2.75, 3.05) is 21.2 Å². The maximum absolute atomic E-state index is 13.8. The van der Waals surface area contributed by atoms with E-state index < -0.39 is 17.1 Å². The van der Waals surface area contributed by atoms with Crippen LogP contribution in [0.5, 0.6) is 5.75 Å². The highest BCUT2D eigenvalue weighted by molar-refractivity contribution is 6.08. The Balaban J connectivity index is 1.55. The second kappa shape index (κ2) is 6.84. The second-order valence-electron chi connectivity index (χ2n) is 8.04. The number of rotatable bonds is 5. The van der Waals surface area contributed by atoms with Crippen LogP contribution in [0.25, 0.3) is 0 Å². The first-order valence-corrected chi connectivity index (χ1v) is 9.50. The molecule has 0 unspecified atom stereocenters. The Labute approximate surface area is 169 Å². The Kier molecular flexibility index (Phi) is 4.58. The Morgan fingerprint density at radius 3 is 2.41 bits per heavy atom. The average Bonchev–Trinajstić information content (AvgIpc) is 2.91. The fourth-order valence-corrected chi connectivity index (χ4v) is 4.48. The summed E-state index contributed by atoms with van der Waals surface area (Å²) in [6.07, 6.45) is 0.806. The van der Waals surface area contributed by atoms with Crippen LogP contribution < -0.4 is 10.1 Å². The molecule has 3 amide bonds. The van der Waals surface area contributed by atoms with Crippen molar-refractivity contribution in [2.24, 2.45) is 0 Å². The monoisotopic (exact) mass is 397 g/mol. The third-order valence-electron chi connectivity index (χ3n) is 6.15. The highest BCUT2D eigenvalue weighted by Crippen LogP contribution is 2.54. The molecule has 6 nitrogen and oxygen atoms in total. The van der Waals surface area contributed by atoms with Gasteiger partial charge in [-0.25, -0.2) is 9.18 Å². The molecule has 2 fully saturated rings. The molecule has 0 bridgehead atoms. The first-order chi connectivity index (χ1) is 13.8. The highest BCUT2D eigenvalue weighted by atomic mass is 19.1. The van der Waals surface area contributed by atoms with Crippen LogP contribution in [-0.2, 0) is 16.9 Å². The van der Waals surface area contributed by atoms with Crippen LogP contribution in [-0.4, -0.2) is 48.5 Å². The number of imide groups is 1. The Bertz CT molecular complexity index is 952. The number of amides is 3. The molecule has 7 heteroatoms. The largest absolute Gasteiger partial charge is 0.497 e. The van der Waals surface area contributed by atoms with Gasteiger partial charge in [0.1, 0.15) is 17.1 Å². The summed E-state index contributed by atoms with van der Waals surface area (Å²) in [4.78, 5) is 29.0. The van der Waals surface area contributed by atoms with E-state index in [1.54, 1.807) is 25.3 Å². The first-order valence-electron chi connectivity index (χ1n) is 9.50. The molecule has 1 saturated heterocycles. The van der Waals surface area contributed by atoms with E-state index in [0.29, 0.717) is 18.6 Å². The third-order valence-corrected chi connectivity index (χ3v) is 6.15. The van der Waals surface area contributed by atoms with E-state index >= 15 is 0 Å². The van der Waals surface area contributed by atoms with Crippen molar-refractivity contribution in [1.29, 1.82) is 0 Å². The van der Waals surface area contributed by atoms with Crippen molar-refractivity contribution in [3.05, 3.63) is 65.5 Å². The molecule has 1 N–H and O–H groups in total. The summed E-state index contributed by atoms with van der Waals surface area (Å²) < 4.78 is 19.0. The normalized spacial score (nSPS) is 26.0. The number of carbonyl (C=O) groups excluding carboxylic acids is 2. The maximum atomic E-state index is 13.8. The summed E-state index contributed by atoms with van der Waals surface area (Å²) in [5.41, 5.74) is 0.208. The number of ether oxygens (including phenoxy) is 1. The molecule has 2 aromatic carbocycles. The number of nitrogens with zero attached hydrogens (tertiary/aromatic N) is 2. The lowest BCUT2D eigenvalue weighted by molar-refractivity contribution is -0.142. The zero-order valence-electron chi connectivity index (χ0n) is 16.7. The smallest absolute Gasteiger partial charge is 0.325 e. The van der Waals surface area contributed by atoms with Crippen molar-refractivity contribution in [3.63, 3.8) is 0 Å². The molecule has 0 aromatic heterocycles. The number of hydrogen-bond donors (Lipinski definition) is 1. The van der Waals surface area contributed by atoms with Crippen LogP contribution in [0.2, 0.25) is 0 Å². The zero-order valence-corrected chi connectivity index (χ0v) is 16.7. The summed E-state index contributed by atoms with van der Waals surface area (Å²) in [5, 5.41) is 2.90. The Hall–Kier alpha value is -2.93. The van der Waals surface area contributed by atoms with Crippen molar-refractivity contribution in [2.45, 2.75) is 30.5 Å². The predicted octanol–water partition coefficient (Wildman–Crippen LogP) is 2.88. The minimum Gasteiger partial charge on any atom is -0.497 e. The number of benzene rings is 2. The number of nitrogens with one attached hydrogen (secondary N) is 1. The second-order valence-corrected chi connectivity index (χ2v) is 8.04. The number of hydrogen-bond acceptors (Lipinski definition) is 4. The van der Waals surface area contributed by atoms with Gasteiger partial charge in [-0.2, -0.15) is 0 Å². The van der Waals surface area contributed by atoms with E-state index in [2.05, 4.69) is 5.32 Å². The van der Waals surface area contributed by atoms with Crippen LogP contribution in [0.1, 0.15) is 24.0 Å². The van der Waals surface area contributed by atoms with Crippen LogP contribution >= 0.6 is 0 Å². The standard InChI is InChI=1S/C22H24FN3O3/c1-25(2)22(16-5-4-6-17(23)11-16)13-21(14-22)19(27)26(20(28)24-21)12-15-7-9-18(29-3)10-8-15/h4-11H,12-14H2,1-3H3,(H,24,28). The lowest BCUT2D eigenvalue weighted by atomic mass is 9.59. The SMILES string of the molecule is COc1ccc(CN2C(=O)NC3(CC(c4cccc(F)c4)(N(C)C)C3)C2=O)cc1. The molecular weight excluding hydrogens is 373 g/mol. The van der Waals surface area contributed by atoms with Gasteiger partial charge in [0.2, 0.25) is 0 Å². The molecule has 0 atom stereocenters. The van der Waals surface area contributed by atoms with E-state index in [0.717, 1.165) is 11.1 Å². The molecule has 0 radical (unpaired) electrons. The van der Waals surface area contributed by atoms with Gasteiger partial charge in [0.05, 0.1) is 19.2 Å². The Morgan fingerprint density at radius 2 is 1.83 bits per heavy atom. The van der Waals surface area contributed by atoms with Crippen LogP contribution in [0.4, 0.5) is 9.18 Å². The fourth-order valence-electron chi connectivity index (χ4n) is 4.48. The summed E-state index contributed by atoms with van der Waals surface area (Å²) in [5.74, 6) is 0.173. The average molecular weight is 397 g/mol. The van der Waals surface area contributed by atoms with Crippen molar-refractivity contribution in [1.82, 2.24) is 15.1 Å². The van der Waals surface area contributed by atoms with E-state index in [9.17, 15) is 14.0 Å². The summed E-state index contributed by atoms with van der Waals surface area (Å²) in [6.45, 7) is 0.200. The molecule has 152 valence electrons. The predicted molar refractivity (Wildman–Crippen MR) is 106 cm³/mol. The molecule has 29 heavy (non-hydrogen) atoms. The highest BCUT2D eigenvalue weighted by Gasteiger charge is 2.66. The van der Waals surface area contributed by atoms with Gasteiger partial charge >= 0.3 is 6.03 Å². The fraction of sp³-hybridized carbons (Fsp3) is 0.364. The lowest BCUT2D eigenvalue weighted by Gasteiger charge is -2.56. The number of carbonyl (C=O) groups is 2. The van der Waals surface area contributed by atoms with Crippen LogP contribution in [0.15, 0.2) is 48.5 Å². The summed E-state index contributed by atoms with van der Waals surface area (Å²) in [7, 11) is 5.41. The molecule has 2 aromatic rings. The number of halogens is 1. The van der Waals surface area contributed by atoms with Gasteiger partial charge in [-0.3, -0.25) is 14.6 Å². The molecule has 1 spiro atoms. The summed E-state index contributed by atoms with van der Waals surface area (Å²) >= 11 is 0. The maximum Gasteiger partial charge on any atom is 0.325 e. The molecule has 1 aliphatic heterocycles. The zero-order chi connectivity index (χ0) is 20.8. The van der Waals surface area contributed by atoms with Crippen molar-refractivity contribution < 1.29 is 18.7 Å². The van der Waals surface area contributed by atoms with Crippen molar-refractivity contribution >= 4 is 11.9 Å². The van der Waals surface area contributed by atoms with E-state index in [4.69, 9.17) is 4.74 Å². The quantitative estimate of drug-likeness (QED) is 0.789. The van der Waals surface area contributed by atoms with E-state index in [1.807, 2.05) is 37.2 Å². The summed E-state index contributed by atoms with van der Waals surface area (Å²) in [6, 6.07) is 13.3. The first kappa shape index (κ1) is 19.4. The van der Waals surface area contributed by atoms with Gasteiger partial charge in [-0.15, -0.1) is 0 Å².